The molecule has 1 N–H and O–H groups in total. The maximum absolute atomic E-state index is 12.0. The predicted octanol–water partition coefficient (Wildman–Crippen LogP) is 2.55. The van der Waals surface area contributed by atoms with Crippen molar-refractivity contribution >= 4 is 6.09 Å². The lowest BCUT2D eigenvalue weighted by atomic mass is 9.95. The second kappa shape index (κ2) is 5.71. The molecule has 1 amide bonds. The number of hydrogen-bond acceptors (Lipinski definition) is 3. The molecule has 0 bridgehead atoms. The summed E-state index contributed by atoms with van der Waals surface area (Å²) in [4.78, 5) is 13.7. The van der Waals surface area contributed by atoms with Crippen molar-refractivity contribution in [1.29, 1.82) is 0 Å². The van der Waals surface area contributed by atoms with Crippen molar-refractivity contribution in [2.24, 2.45) is 0 Å². The maximum Gasteiger partial charge on any atom is 0.410 e. The van der Waals surface area contributed by atoms with Gasteiger partial charge in [-0.3, -0.25) is 0 Å². The van der Waals surface area contributed by atoms with E-state index in [1.165, 1.54) is 0 Å². The minimum atomic E-state index is -0.476. The smallest absolute Gasteiger partial charge is 0.410 e. The van der Waals surface area contributed by atoms with Gasteiger partial charge in [-0.1, -0.05) is 13.3 Å². The summed E-state index contributed by atoms with van der Waals surface area (Å²) in [6.45, 7) is 8.34. The molecular formula is C13H25NO3. The Labute approximate surface area is 104 Å². The fourth-order valence-corrected chi connectivity index (χ4v) is 2.23. The Morgan fingerprint density at radius 1 is 1.47 bits per heavy atom. The van der Waals surface area contributed by atoms with E-state index in [0.29, 0.717) is 6.54 Å². The highest BCUT2D eigenvalue weighted by atomic mass is 16.6. The summed E-state index contributed by atoms with van der Waals surface area (Å²) >= 11 is 0. The van der Waals surface area contributed by atoms with Gasteiger partial charge in [0.05, 0.1) is 12.1 Å². The number of likely N-dealkylation sites (tertiary alicyclic amines) is 1. The zero-order valence-electron chi connectivity index (χ0n) is 11.4. The van der Waals surface area contributed by atoms with Crippen molar-refractivity contribution in [1.82, 2.24) is 4.90 Å². The van der Waals surface area contributed by atoms with Crippen LogP contribution < -0.4 is 0 Å². The molecule has 0 saturated carbocycles. The minimum Gasteiger partial charge on any atom is -0.444 e. The summed E-state index contributed by atoms with van der Waals surface area (Å²) in [6.07, 6.45) is 2.72. The number of carbonyl (C=O) groups excluding carboxylic acids is 1. The molecule has 0 aliphatic carbocycles. The van der Waals surface area contributed by atoms with Crippen molar-refractivity contribution in [3.63, 3.8) is 0 Å². The summed E-state index contributed by atoms with van der Waals surface area (Å²) in [7, 11) is 0. The van der Waals surface area contributed by atoms with E-state index in [0.717, 1.165) is 25.7 Å². The number of ether oxygens (including phenoxy) is 1. The zero-order chi connectivity index (χ0) is 13.1. The van der Waals surface area contributed by atoms with E-state index in [4.69, 9.17) is 4.74 Å². The molecule has 1 heterocycles. The summed E-state index contributed by atoms with van der Waals surface area (Å²) in [5.74, 6) is 0. The normalized spacial score (nSPS) is 25.8. The topological polar surface area (TPSA) is 49.8 Å². The Morgan fingerprint density at radius 3 is 2.65 bits per heavy atom. The van der Waals surface area contributed by atoms with Crippen LogP contribution in [0.25, 0.3) is 0 Å². The highest BCUT2D eigenvalue weighted by Gasteiger charge is 2.34. The number of piperidine rings is 1. The Hall–Kier alpha value is -0.770. The van der Waals surface area contributed by atoms with Crippen LogP contribution in [0.3, 0.4) is 0 Å². The lowest BCUT2D eigenvalue weighted by molar-refractivity contribution is -0.0250. The molecule has 2 unspecified atom stereocenters. The molecule has 17 heavy (non-hydrogen) atoms. The van der Waals surface area contributed by atoms with Crippen LogP contribution >= 0.6 is 0 Å². The Morgan fingerprint density at radius 2 is 2.12 bits per heavy atom. The van der Waals surface area contributed by atoms with Crippen LogP contribution in [0.1, 0.15) is 53.4 Å². The van der Waals surface area contributed by atoms with Gasteiger partial charge in [-0.2, -0.15) is 0 Å². The van der Waals surface area contributed by atoms with Gasteiger partial charge in [-0.15, -0.1) is 0 Å². The summed E-state index contributed by atoms with van der Waals surface area (Å²) in [5.41, 5.74) is -0.476. The predicted molar refractivity (Wildman–Crippen MR) is 66.9 cm³/mol. The Kier molecular flexibility index (Phi) is 4.80. The third-order valence-electron chi connectivity index (χ3n) is 2.96. The SMILES string of the molecule is CCCC1C(O)CCCN1C(=O)OC(C)(C)C. The van der Waals surface area contributed by atoms with Gasteiger partial charge in [-0.05, 0) is 40.0 Å². The number of aliphatic hydroxyl groups is 1. The fourth-order valence-electron chi connectivity index (χ4n) is 2.23. The standard InChI is InChI=1S/C13H25NO3/c1-5-7-10-11(15)8-6-9-14(10)12(16)17-13(2,3)4/h10-11,15H,5-9H2,1-4H3. The lowest BCUT2D eigenvalue weighted by Crippen LogP contribution is -2.52. The van der Waals surface area contributed by atoms with Crippen LogP contribution in [0.15, 0.2) is 0 Å². The van der Waals surface area contributed by atoms with E-state index < -0.39 is 11.7 Å². The van der Waals surface area contributed by atoms with Gasteiger partial charge in [0, 0.05) is 6.54 Å². The molecule has 1 rings (SSSR count). The van der Waals surface area contributed by atoms with E-state index >= 15 is 0 Å². The van der Waals surface area contributed by atoms with Gasteiger partial charge in [0.1, 0.15) is 5.60 Å². The molecule has 100 valence electrons. The van der Waals surface area contributed by atoms with E-state index in [-0.39, 0.29) is 12.1 Å². The minimum absolute atomic E-state index is 0.0800. The van der Waals surface area contributed by atoms with Gasteiger partial charge < -0.3 is 14.7 Å². The molecule has 4 nitrogen and oxygen atoms in total. The number of hydrogen-bond donors (Lipinski definition) is 1. The second-order valence-corrected chi connectivity index (χ2v) is 5.74. The van der Waals surface area contributed by atoms with Gasteiger partial charge in [0.2, 0.25) is 0 Å². The first-order valence-corrected chi connectivity index (χ1v) is 6.53. The number of carbonyl (C=O) groups is 1. The number of rotatable bonds is 2. The monoisotopic (exact) mass is 243 g/mol. The van der Waals surface area contributed by atoms with E-state index in [2.05, 4.69) is 6.92 Å². The summed E-state index contributed by atoms with van der Waals surface area (Å²) in [6, 6.07) is -0.0800. The molecule has 0 aromatic carbocycles. The molecule has 1 saturated heterocycles. The molecule has 1 aliphatic heterocycles. The van der Waals surface area contributed by atoms with Gasteiger partial charge in [0.15, 0.2) is 0 Å². The first-order chi connectivity index (χ1) is 7.85. The number of aliphatic hydroxyl groups excluding tert-OH is 1. The highest BCUT2D eigenvalue weighted by molar-refractivity contribution is 5.68. The average molecular weight is 243 g/mol. The quantitative estimate of drug-likeness (QED) is 0.811. The van der Waals surface area contributed by atoms with Crippen molar-refractivity contribution in [3.8, 4) is 0 Å². The molecule has 0 radical (unpaired) electrons. The Balaban J connectivity index is 2.68. The molecule has 0 aromatic rings. The average Bonchev–Trinajstić information content (AvgIpc) is 2.18. The number of nitrogens with zero attached hydrogens (tertiary/aromatic N) is 1. The third kappa shape index (κ3) is 4.19. The first kappa shape index (κ1) is 14.3. The van der Waals surface area contributed by atoms with E-state index in [1.807, 2.05) is 20.8 Å². The van der Waals surface area contributed by atoms with E-state index in [1.54, 1.807) is 4.90 Å². The third-order valence-corrected chi connectivity index (χ3v) is 2.96. The fraction of sp³-hybridized carbons (Fsp3) is 0.923. The Bertz CT molecular complexity index is 260. The van der Waals surface area contributed by atoms with E-state index in [9.17, 15) is 9.90 Å². The molecule has 1 aliphatic rings. The first-order valence-electron chi connectivity index (χ1n) is 6.53. The van der Waals surface area contributed by atoms with Gasteiger partial charge in [-0.25, -0.2) is 4.79 Å². The van der Waals surface area contributed by atoms with Crippen LogP contribution in [-0.2, 0) is 4.74 Å². The molecule has 4 heteroatoms. The zero-order valence-corrected chi connectivity index (χ0v) is 11.4. The van der Waals surface area contributed by atoms with Crippen molar-refractivity contribution in [2.75, 3.05) is 6.54 Å². The summed E-state index contributed by atoms with van der Waals surface area (Å²) < 4.78 is 5.38. The largest absolute Gasteiger partial charge is 0.444 e. The van der Waals surface area contributed by atoms with Crippen LogP contribution in [0.2, 0.25) is 0 Å². The lowest BCUT2D eigenvalue weighted by Gasteiger charge is -2.39. The number of amides is 1. The summed E-state index contributed by atoms with van der Waals surface area (Å²) in [5, 5.41) is 9.97. The second-order valence-electron chi connectivity index (χ2n) is 5.74. The van der Waals surface area contributed by atoms with Gasteiger partial charge in [0.25, 0.3) is 0 Å². The molecular weight excluding hydrogens is 218 g/mol. The van der Waals surface area contributed by atoms with Crippen molar-refractivity contribution in [3.05, 3.63) is 0 Å². The van der Waals surface area contributed by atoms with Crippen LogP contribution in [0.5, 0.6) is 0 Å². The maximum atomic E-state index is 12.0. The molecule has 0 aromatic heterocycles. The van der Waals surface area contributed by atoms with Crippen LogP contribution in [0.4, 0.5) is 4.79 Å². The molecule has 0 spiro atoms. The molecule has 1 fully saturated rings. The van der Waals surface area contributed by atoms with Crippen molar-refractivity contribution < 1.29 is 14.6 Å². The molecule has 2 atom stereocenters. The van der Waals surface area contributed by atoms with Crippen LogP contribution in [-0.4, -0.2) is 40.4 Å². The van der Waals surface area contributed by atoms with Crippen molar-refractivity contribution in [2.45, 2.75) is 71.1 Å². The van der Waals surface area contributed by atoms with Crippen LogP contribution in [0, 0.1) is 0 Å². The van der Waals surface area contributed by atoms with Gasteiger partial charge >= 0.3 is 6.09 Å². The highest BCUT2D eigenvalue weighted by Crippen LogP contribution is 2.23.